The van der Waals surface area contributed by atoms with E-state index in [4.69, 9.17) is 9.47 Å². The number of nitrogens with zero attached hydrogens (tertiary/aromatic N) is 1. The number of carbonyl (C=O) groups is 2. The third kappa shape index (κ3) is 3.73. The van der Waals surface area contributed by atoms with E-state index in [9.17, 15) is 9.59 Å². The molecule has 0 unspecified atom stereocenters. The van der Waals surface area contributed by atoms with Crippen LogP contribution in [0.25, 0.3) is 0 Å². The van der Waals surface area contributed by atoms with Crippen LogP contribution in [-0.2, 0) is 14.3 Å². The minimum absolute atomic E-state index is 0.322. The lowest BCUT2D eigenvalue weighted by molar-refractivity contribution is -0.136. The molecule has 2 aromatic carbocycles. The van der Waals surface area contributed by atoms with E-state index in [0.29, 0.717) is 25.5 Å². The molecule has 4 rings (SSSR count). The number of rotatable bonds is 3. The lowest BCUT2D eigenvalue weighted by Gasteiger charge is -2.30. The Hall–Kier alpha value is -3.06. The zero-order valence-electron chi connectivity index (χ0n) is 14.8. The summed E-state index contributed by atoms with van der Waals surface area (Å²) < 4.78 is 10.9. The predicted molar refractivity (Wildman–Crippen MR) is 101 cm³/mol. The van der Waals surface area contributed by atoms with Crippen molar-refractivity contribution in [3.63, 3.8) is 0 Å². The number of benzene rings is 2. The highest BCUT2D eigenvalue weighted by Crippen LogP contribution is 2.31. The third-order valence-electron chi connectivity index (χ3n) is 4.72. The SMILES string of the molecule is O=C(Nc1ccccc1N1CCOCC1)C(=O)N[C@@H]1COc2ccccc21. The van der Waals surface area contributed by atoms with Gasteiger partial charge in [0.15, 0.2) is 0 Å². The van der Waals surface area contributed by atoms with Gasteiger partial charge in [0.05, 0.1) is 30.6 Å². The Labute approximate surface area is 157 Å². The highest BCUT2D eigenvalue weighted by atomic mass is 16.5. The maximum Gasteiger partial charge on any atom is 0.313 e. The maximum atomic E-state index is 12.4. The van der Waals surface area contributed by atoms with Crippen LogP contribution in [0, 0.1) is 0 Å². The van der Waals surface area contributed by atoms with E-state index < -0.39 is 11.8 Å². The van der Waals surface area contributed by atoms with Crippen molar-refractivity contribution in [3.05, 3.63) is 54.1 Å². The van der Waals surface area contributed by atoms with Gasteiger partial charge in [-0.2, -0.15) is 0 Å². The van der Waals surface area contributed by atoms with Crippen molar-refractivity contribution in [2.45, 2.75) is 6.04 Å². The number of hydrogen-bond acceptors (Lipinski definition) is 5. The lowest BCUT2D eigenvalue weighted by Crippen LogP contribution is -2.39. The van der Waals surface area contributed by atoms with E-state index in [0.717, 1.165) is 30.1 Å². The molecular formula is C20H21N3O4. The van der Waals surface area contributed by atoms with Crippen LogP contribution < -0.4 is 20.3 Å². The number of amides is 2. The maximum absolute atomic E-state index is 12.4. The van der Waals surface area contributed by atoms with Crippen molar-refractivity contribution >= 4 is 23.2 Å². The molecule has 0 bridgehead atoms. The lowest BCUT2D eigenvalue weighted by atomic mass is 10.1. The van der Waals surface area contributed by atoms with Crippen molar-refractivity contribution in [2.75, 3.05) is 43.1 Å². The monoisotopic (exact) mass is 367 g/mol. The van der Waals surface area contributed by atoms with Gasteiger partial charge in [0.2, 0.25) is 0 Å². The van der Waals surface area contributed by atoms with Crippen molar-refractivity contribution in [3.8, 4) is 5.75 Å². The topological polar surface area (TPSA) is 79.9 Å². The number of fused-ring (bicyclic) bond motifs is 1. The number of carbonyl (C=O) groups excluding carboxylic acids is 2. The van der Waals surface area contributed by atoms with Gasteiger partial charge in [-0.25, -0.2) is 0 Å². The molecule has 7 nitrogen and oxygen atoms in total. The summed E-state index contributed by atoms with van der Waals surface area (Å²) in [4.78, 5) is 27.0. The van der Waals surface area contributed by atoms with Crippen LogP contribution in [0.2, 0.25) is 0 Å². The Morgan fingerprint density at radius 1 is 0.963 bits per heavy atom. The molecule has 0 radical (unpaired) electrons. The Kier molecular flexibility index (Phi) is 4.93. The summed E-state index contributed by atoms with van der Waals surface area (Å²) in [5.74, 6) is -0.641. The molecule has 2 aliphatic rings. The minimum Gasteiger partial charge on any atom is -0.491 e. The molecule has 7 heteroatoms. The van der Waals surface area contributed by atoms with Crippen LogP contribution in [0.5, 0.6) is 5.75 Å². The number of morpholine rings is 1. The summed E-state index contributed by atoms with van der Waals surface area (Å²) in [7, 11) is 0. The van der Waals surface area contributed by atoms with Crippen molar-refractivity contribution in [1.82, 2.24) is 5.32 Å². The van der Waals surface area contributed by atoms with Crippen LogP contribution in [0.3, 0.4) is 0 Å². The highest BCUT2D eigenvalue weighted by molar-refractivity contribution is 6.40. The molecule has 0 aromatic heterocycles. The molecule has 0 saturated carbocycles. The van der Waals surface area contributed by atoms with Gasteiger partial charge >= 0.3 is 11.8 Å². The van der Waals surface area contributed by atoms with Crippen LogP contribution in [0.15, 0.2) is 48.5 Å². The fraction of sp³-hybridized carbons (Fsp3) is 0.300. The number of anilines is 2. The molecule has 1 saturated heterocycles. The summed E-state index contributed by atoms with van der Waals surface area (Å²) in [6.07, 6.45) is 0. The standard InChI is InChI=1S/C20H21N3O4/c24-19(20(25)22-16-13-27-18-8-4-1-5-14(16)18)21-15-6-2-3-7-17(15)23-9-11-26-12-10-23/h1-8,16H,9-13H2,(H,21,24)(H,22,25)/t16-/m1/s1. The summed E-state index contributed by atoms with van der Waals surface area (Å²) in [5.41, 5.74) is 2.38. The van der Waals surface area contributed by atoms with Crippen LogP contribution in [0.1, 0.15) is 11.6 Å². The first-order valence-corrected chi connectivity index (χ1v) is 8.97. The second-order valence-corrected chi connectivity index (χ2v) is 6.45. The molecule has 1 atom stereocenters. The van der Waals surface area contributed by atoms with Crippen molar-refractivity contribution in [2.24, 2.45) is 0 Å². The van der Waals surface area contributed by atoms with Gasteiger partial charge in [-0.3, -0.25) is 9.59 Å². The fourth-order valence-corrected chi connectivity index (χ4v) is 3.34. The Morgan fingerprint density at radius 2 is 1.70 bits per heavy atom. The number of nitrogens with one attached hydrogen (secondary N) is 2. The molecule has 2 heterocycles. The average Bonchev–Trinajstić information content (AvgIpc) is 3.12. The van der Waals surface area contributed by atoms with Crippen molar-refractivity contribution < 1.29 is 19.1 Å². The molecular weight excluding hydrogens is 346 g/mol. The highest BCUT2D eigenvalue weighted by Gasteiger charge is 2.28. The normalized spacial score (nSPS) is 18.4. The van der Waals surface area contributed by atoms with Crippen LogP contribution in [-0.4, -0.2) is 44.7 Å². The first kappa shape index (κ1) is 17.4. The molecule has 0 aliphatic carbocycles. The summed E-state index contributed by atoms with van der Waals surface area (Å²) in [6.45, 7) is 3.10. The van der Waals surface area contributed by atoms with E-state index in [1.165, 1.54) is 0 Å². The third-order valence-corrected chi connectivity index (χ3v) is 4.72. The van der Waals surface area contributed by atoms with Gasteiger partial charge in [0.25, 0.3) is 0 Å². The largest absolute Gasteiger partial charge is 0.491 e. The Balaban J connectivity index is 1.43. The molecule has 140 valence electrons. The molecule has 2 aromatic rings. The number of hydrogen-bond donors (Lipinski definition) is 2. The molecule has 2 N–H and O–H groups in total. The molecule has 0 spiro atoms. The summed E-state index contributed by atoms with van der Waals surface area (Å²) in [5, 5.41) is 5.48. The molecule has 1 fully saturated rings. The van der Waals surface area contributed by atoms with Gasteiger partial charge in [-0.15, -0.1) is 0 Å². The zero-order chi connectivity index (χ0) is 18.6. The van der Waals surface area contributed by atoms with Crippen LogP contribution in [0.4, 0.5) is 11.4 Å². The second kappa shape index (κ2) is 7.67. The minimum atomic E-state index is -0.694. The Morgan fingerprint density at radius 3 is 2.56 bits per heavy atom. The smallest absolute Gasteiger partial charge is 0.313 e. The van der Waals surface area contributed by atoms with Gasteiger partial charge < -0.3 is 25.0 Å². The Bertz CT molecular complexity index is 849. The molecule has 2 amide bonds. The van der Waals surface area contributed by atoms with E-state index in [1.807, 2.05) is 42.5 Å². The van der Waals surface area contributed by atoms with Gasteiger partial charge in [-0.05, 0) is 18.2 Å². The zero-order valence-corrected chi connectivity index (χ0v) is 14.8. The first-order valence-electron chi connectivity index (χ1n) is 8.97. The average molecular weight is 367 g/mol. The van der Waals surface area contributed by atoms with E-state index in [-0.39, 0.29) is 6.04 Å². The summed E-state index contributed by atoms with van der Waals surface area (Å²) in [6, 6.07) is 14.6. The van der Waals surface area contributed by atoms with E-state index in [1.54, 1.807) is 6.07 Å². The summed E-state index contributed by atoms with van der Waals surface area (Å²) >= 11 is 0. The molecule has 27 heavy (non-hydrogen) atoms. The van der Waals surface area contributed by atoms with E-state index in [2.05, 4.69) is 15.5 Å². The van der Waals surface area contributed by atoms with Gasteiger partial charge in [0, 0.05) is 18.7 Å². The fourth-order valence-electron chi connectivity index (χ4n) is 3.34. The number of para-hydroxylation sites is 3. The second-order valence-electron chi connectivity index (χ2n) is 6.45. The molecule has 2 aliphatic heterocycles. The number of ether oxygens (including phenoxy) is 2. The van der Waals surface area contributed by atoms with E-state index >= 15 is 0 Å². The van der Waals surface area contributed by atoms with Crippen molar-refractivity contribution in [1.29, 1.82) is 0 Å². The van der Waals surface area contributed by atoms with Crippen LogP contribution >= 0.6 is 0 Å². The predicted octanol–water partition coefficient (Wildman–Crippen LogP) is 1.71. The first-order chi connectivity index (χ1) is 13.2. The van der Waals surface area contributed by atoms with Gasteiger partial charge in [-0.1, -0.05) is 30.3 Å². The quantitative estimate of drug-likeness (QED) is 0.808. The van der Waals surface area contributed by atoms with Gasteiger partial charge in [0.1, 0.15) is 12.4 Å².